The molecule has 0 aromatic heterocycles. The van der Waals surface area contributed by atoms with Crippen molar-refractivity contribution >= 4 is 17.9 Å². The second-order valence-corrected chi connectivity index (χ2v) is 5.60. The Morgan fingerprint density at radius 3 is 2.96 bits per heavy atom. The average Bonchev–Trinajstić information content (AvgIpc) is 2.78. The monoisotopic (exact) mass is 316 g/mol. The maximum atomic E-state index is 11.9. The van der Waals surface area contributed by atoms with E-state index in [-0.39, 0.29) is 12.0 Å². The van der Waals surface area contributed by atoms with Crippen molar-refractivity contribution in [3.63, 3.8) is 0 Å². The fraction of sp³-hybridized carbons (Fsp3) is 0.444. The molecular weight excluding hydrogens is 292 g/mol. The Morgan fingerprint density at radius 1 is 1.39 bits per heavy atom. The van der Waals surface area contributed by atoms with Crippen LogP contribution in [0.3, 0.4) is 0 Å². The summed E-state index contributed by atoms with van der Waals surface area (Å²) in [5, 5.41) is 0. The minimum Gasteiger partial charge on any atom is -0.497 e. The fourth-order valence-electron chi connectivity index (χ4n) is 2.67. The van der Waals surface area contributed by atoms with E-state index in [1.165, 1.54) is 7.11 Å². The van der Waals surface area contributed by atoms with Gasteiger partial charge in [0.1, 0.15) is 5.75 Å². The Labute approximate surface area is 137 Å². The highest BCUT2D eigenvalue weighted by atomic mass is 16.5. The van der Waals surface area contributed by atoms with Gasteiger partial charge in [-0.05, 0) is 37.0 Å². The molecule has 1 aromatic rings. The number of benzene rings is 1. The van der Waals surface area contributed by atoms with Gasteiger partial charge in [0.15, 0.2) is 0 Å². The van der Waals surface area contributed by atoms with Gasteiger partial charge in [0, 0.05) is 6.42 Å². The maximum absolute atomic E-state index is 11.9. The zero-order valence-electron chi connectivity index (χ0n) is 13.7. The molecule has 5 heteroatoms. The topological polar surface area (TPSA) is 73.9 Å². The van der Waals surface area contributed by atoms with Gasteiger partial charge in [-0.2, -0.15) is 0 Å². The van der Waals surface area contributed by atoms with Crippen molar-refractivity contribution in [1.29, 1.82) is 0 Å². The van der Waals surface area contributed by atoms with Gasteiger partial charge >= 0.3 is 5.97 Å². The van der Waals surface area contributed by atoms with Gasteiger partial charge < -0.3 is 15.2 Å². The lowest BCUT2D eigenvalue weighted by Crippen LogP contribution is -2.13. The standard InChI is InChI=1S/C18H24N2O3/c1-22-15-11-10-13(16(12-15)18(21)23-2)6-5-8-14-7-3-4-9-17(19)20-14/h5-6,10-12,14H,3-4,7-9H2,1-2H3,(H2,19,20)/b6-5+. The quantitative estimate of drug-likeness (QED) is 0.847. The SMILES string of the molecule is COC(=O)c1cc(OC)ccc1/C=C/CC1CCCCC(N)=N1. The summed E-state index contributed by atoms with van der Waals surface area (Å²) in [6.07, 6.45) is 9.00. The van der Waals surface area contributed by atoms with Crippen molar-refractivity contribution in [3.8, 4) is 5.75 Å². The first-order valence-electron chi connectivity index (χ1n) is 7.89. The van der Waals surface area contributed by atoms with Gasteiger partial charge in [0.05, 0.1) is 31.7 Å². The Morgan fingerprint density at radius 2 is 2.22 bits per heavy atom. The van der Waals surface area contributed by atoms with Crippen molar-refractivity contribution in [2.75, 3.05) is 14.2 Å². The highest BCUT2D eigenvalue weighted by molar-refractivity contribution is 5.94. The number of carbonyl (C=O) groups excluding carboxylic acids is 1. The number of methoxy groups -OCH3 is 2. The molecule has 0 saturated carbocycles. The summed E-state index contributed by atoms with van der Waals surface area (Å²) in [6, 6.07) is 5.60. The number of rotatable bonds is 5. The first-order chi connectivity index (χ1) is 11.1. The third-order valence-electron chi connectivity index (χ3n) is 3.94. The third-order valence-corrected chi connectivity index (χ3v) is 3.94. The smallest absolute Gasteiger partial charge is 0.338 e. The second-order valence-electron chi connectivity index (χ2n) is 5.60. The molecule has 0 fully saturated rings. The number of ether oxygens (including phenoxy) is 2. The van der Waals surface area contributed by atoms with Crippen LogP contribution in [-0.4, -0.2) is 32.1 Å². The van der Waals surface area contributed by atoms with Crippen molar-refractivity contribution < 1.29 is 14.3 Å². The molecule has 0 aliphatic carbocycles. The zero-order valence-corrected chi connectivity index (χ0v) is 13.7. The molecule has 2 rings (SSSR count). The minimum atomic E-state index is -0.375. The van der Waals surface area contributed by atoms with E-state index < -0.39 is 0 Å². The summed E-state index contributed by atoms with van der Waals surface area (Å²) in [4.78, 5) is 16.4. The van der Waals surface area contributed by atoms with Gasteiger partial charge in [-0.25, -0.2) is 4.79 Å². The second kappa shape index (κ2) is 8.36. The largest absolute Gasteiger partial charge is 0.497 e. The number of nitrogens with two attached hydrogens (primary N) is 1. The molecule has 1 atom stereocenters. The number of esters is 1. The molecule has 0 spiro atoms. The van der Waals surface area contributed by atoms with Crippen molar-refractivity contribution in [2.24, 2.45) is 10.7 Å². The van der Waals surface area contributed by atoms with E-state index in [1.807, 2.05) is 24.3 Å². The number of amidine groups is 1. The first kappa shape index (κ1) is 17.1. The van der Waals surface area contributed by atoms with Gasteiger partial charge in [-0.1, -0.05) is 24.6 Å². The number of aliphatic imine (C=N–C) groups is 1. The first-order valence-corrected chi connectivity index (χ1v) is 7.89. The van der Waals surface area contributed by atoms with Gasteiger partial charge in [-0.15, -0.1) is 0 Å². The van der Waals surface area contributed by atoms with Gasteiger partial charge in [0.2, 0.25) is 0 Å². The molecule has 1 aliphatic rings. The molecule has 0 saturated heterocycles. The van der Waals surface area contributed by atoms with E-state index in [1.54, 1.807) is 13.2 Å². The molecule has 23 heavy (non-hydrogen) atoms. The minimum absolute atomic E-state index is 0.230. The van der Waals surface area contributed by atoms with E-state index in [9.17, 15) is 4.79 Å². The number of hydrogen-bond acceptors (Lipinski definition) is 5. The van der Waals surface area contributed by atoms with E-state index in [0.717, 1.165) is 43.5 Å². The van der Waals surface area contributed by atoms with Crippen LogP contribution in [0.2, 0.25) is 0 Å². The lowest BCUT2D eigenvalue weighted by atomic mass is 10.0. The third kappa shape index (κ3) is 4.84. The number of hydrogen-bond donors (Lipinski definition) is 1. The highest BCUT2D eigenvalue weighted by Crippen LogP contribution is 2.21. The summed E-state index contributed by atoms with van der Waals surface area (Å²) >= 11 is 0. The highest BCUT2D eigenvalue weighted by Gasteiger charge is 2.13. The summed E-state index contributed by atoms with van der Waals surface area (Å²) in [6.45, 7) is 0. The van der Waals surface area contributed by atoms with Crippen LogP contribution in [0.25, 0.3) is 6.08 Å². The normalized spacial score (nSPS) is 18.3. The molecule has 0 radical (unpaired) electrons. The molecule has 1 aliphatic heterocycles. The average molecular weight is 316 g/mol. The Bertz CT molecular complexity index is 608. The van der Waals surface area contributed by atoms with Gasteiger partial charge in [-0.3, -0.25) is 4.99 Å². The van der Waals surface area contributed by atoms with Crippen LogP contribution < -0.4 is 10.5 Å². The van der Waals surface area contributed by atoms with E-state index in [2.05, 4.69) is 4.99 Å². The number of carbonyl (C=O) groups is 1. The molecule has 124 valence electrons. The van der Waals surface area contributed by atoms with Crippen LogP contribution in [0.1, 0.15) is 48.0 Å². The molecule has 1 unspecified atom stereocenters. The number of nitrogens with zero attached hydrogens (tertiary/aromatic N) is 1. The summed E-state index contributed by atoms with van der Waals surface area (Å²) in [5.74, 6) is 1.00. The molecular formula is C18H24N2O3. The lowest BCUT2D eigenvalue weighted by molar-refractivity contribution is 0.0600. The van der Waals surface area contributed by atoms with Crippen LogP contribution in [-0.2, 0) is 4.74 Å². The molecule has 5 nitrogen and oxygen atoms in total. The fourth-order valence-corrected chi connectivity index (χ4v) is 2.67. The molecule has 1 heterocycles. The van der Waals surface area contributed by atoms with E-state index in [4.69, 9.17) is 15.2 Å². The predicted octanol–water partition coefficient (Wildman–Crippen LogP) is 3.18. The van der Waals surface area contributed by atoms with Gasteiger partial charge in [0.25, 0.3) is 0 Å². The van der Waals surface area contributed by atoms with Crippen LogP contribution in [0, 0.1) is 0 Å². The summed E-state index contributed by atoms with van der Waals surface area (Å²) < 4.78 is 10.0. The Hall–Kier alpha value is -2.30. The Kier molecular flexibility index (Phi) is 6.20. The zero-order chi connectivity index (χ0) is 16.7. The van der Waals surface area contributed by atoms with Crippen molar-refractivity contribution in [1.82, 2.24) is 0 Å². The molecule has 2 N–H and O–H groups in total. The van der Waals surface area contributed by atoms with Crippen LogP contribution in [0.5, 0.6) is 5.75 Å². The van der Waals surface area contributed by atoms with E-state index >= 15 is 0 Å². The van der Waals surface area contributed by atoms with Crippen molar-refractivity contribution in [2.45, 2.75) is 38.1 Å². The molecule has 0 amide bonds. The van der Waals surface area contributed by atoms with Crippen LogP contribution >= 0.6 is 0 Å². The van der Waals surface area contributed by atoms with Crippen LogP contribution in [0.15, 0.2) is 29.3 Å². The Balaban J connectivity index is 2.12. The van der Waals surface area contributed by atoms with Crippen molar-refractivity contribution in [3.05, 3.63) is 35.4 Å². The predicted molar refractivity (Wildman–Crippen MR) is 91.9 cm³/mol. The van der Waals surface area contributed by atoms with Crippen LogP contribution in [0.4, 0.5) is 0 Å². The summed E-state index contributed by atoms with van der Waals surface area (Å²) in [5.41, 5.74) is 7.17. The summed E-state index contributed by atoms with van der Waals surface area (Å²) in [7, 11) is 2.94. The van der Waals surface area contributed by atoms with E-state index in [0.29, 0.717) is 11.3 Å². The maximum Gasteiger partial charge on any atom is 0.338 e. The molecule has 0 bridgehead atoms. The molecule has 1 aromatic carbocycles. The lowest BCUT2D eigenvalue weighted by Gasteiger charge is -2.09.